The minimum atomic E-state index is -1.03. The molecule has 1 aliphatic rings. The molecule has 1 heterocycles. The molecule has 3 atom stereocenters. The highest BCUT2D eigenvalue weighted by Gasteiger charge is 2.31. The molecule has 0 radical (unpaired) electrons. The Morgan fingerprint density at radius 2 is 1.76 bits per heavy atom. The van der Waals surface area contributed by atoms with Crippen LogP contribution in [0, 0.1) is 0 Å². The van der Waals surface area contributed by atoms with E-state index >= 15 is 0 Å². The van der Waals surface area contributed by atoms with Crippen molar-refractivity contribution in [3.05, 3.63) is 63.1 Å². The zero-order valence-corrected chi connectivity index (χ0v) is 16.8. The Labute approximate surface area is 165 Å². The summed E-state index contributed by atoms with van der Waals surface area (Å²) in [7, 11) is -1.03. The number of nitrogens with zero attached hydrogens (tertiary/aromatic N) is 1. The van der Waals surface area contributed by atoms with Crippen molar-refractivity contribution in [1.82, 2.24) is 4.72 Å². The first-order valence-corrected chi connectivity index (χ1v) is 10.7. The van der Waals surface area contributed by atoms with E-state index in [1.165, 1.54) is 0 Å². The number of piperidine rings is 1. The van der Waals surface area contributed by atoms with E-state index < -0.39 is 11.0 Å². The average Bonchev–Trinajstić information content (AvgIpc) is 2.55. The highest BCUT2D eigenvalue weighted by molar-refractivity contribution is 7.82. The molecule has 2 aromatic rings. The van der Waals surface area contributed by atoms with E-state index in [1.54, 1.807) is 12.3 Å². The largest absolute Gasteiger partial charge is 0.363 e. The summed E-state index contributed by atoms with van der Waals surface area (Å²) in [5.74, 6) is 0. The van der Waals surface area contributed by atoms with Gasteiger partial charge in [0, 0.05) is 28.9 Å². The molecule has 3 nitrogen and oxygen atoms in total. The quantitative estimate of drug-likeness (QED) is 0.738. The van der Waals surface area contributed by atoms with Crippen LogP contribution >= 0.6 is 34.8 Å². The lowest BCUT2D eigenvalue weighted by Gasteiger charge is -2.41. The molecule has 7 heteroatoms. The van der Waals surface area contributed by atoms with Gasteiger partial charge in [-0.25, -0.2) is 8.93 Å². The fourth-order valence-corrected chi connectivity index (χ4v) is 4.64. The molecule has 134 valence electrons. The number of hydrogen-bond donors (Lipinski definition) is 1. The highest BCUT2D eigenvalue weighted by atomic mass is 35.5. The van der Waals surface area contributed by atoms with Crippen molar-refractivity contribution in [2.75, 3.05) is 17.7 Å². The van der Waals surface area contributed by atoms with E-state index in [2.05, 4.69) is 9.62 Å². The van der Waals surface area contributed by atoms with Crippen molar-refractivity contribution in [2.45, 2.75) is 24.9 Å². The number of nitrogens with one attached hydrogen (secondary N) is 1. The SMILES string of the molecule is CS(=O)N[C@H]1CCN(c2ccc(Cl)cc2Cl)[C@H](c2ccc(Cl)cc2)C1. The van der Waals surface area contributed by atoms with Gasteiger partial charge in [0.25, 0.3) is 0 Å². The first-order valence-electron chi connectivity index (χ1n) is 8.01. The maximum atomic E-state index is 11.6. The predicted octanol–water partition coefficient (Wildman–Crippen LogP) is 5.24. The summed E-state index contributed by atoms with van der Waals surface area (Å²) in [5.41, 5.74) is 2.12. The molecule has 0 aromatic heterocycles. The smallest absolute Gasteiger partial charge is 0.0886 e. The van der Waals surface area contributed by atoms with Crippen LogP contribution in [0.25, 0.3) is 0 Å². The van der Waals surface area contributed by atoms with Crippen molar-refractivity contribution in [2.24, 2.45) is 0 Å². The van der Waals surface area contributed by atoms with Crippen LogP contribution in [0.3, 0.4) is 0 Å². The first-order chi connectivity index (χ1) is 11.9. The maximum Gasteiger partial charge on any atom is 0.0886 e. The van der Waals surface area contributed by atoms with Gasteiger partial charge in [0.05, 0.1) is 27.7 Å². The number of halogens is 3. The van der Waals surface area contributed by atoms with Crippen LogP contribution in [0.4, 0.5) is 5.69 Å². The maximum absolute atomic E-state index is 11.6. The van der Waals surface area contributed by atoms with E-state index in [9.17, 15) is 4.21 Å². The molecule has 1 unspecified atom stereocenters. The van der Waals surface area contributed by atoms with Crippen LogP contribution in [0.5, 0.6) is 0 Å². The molecular weight excluding hydrogens is 399 g/mol. The monoisotopic (exact) mass is 416 g/mol. The number of anilines is 1. The van der Waals surface area contributed by atoms with Crippen molar-refractivity contribution in [3.8, 4) is 0 Å². The van der Waals surface area contributed by atoms with Crippen molar-refractivity contribution < 1.29 is 4.21 Å². The number of benzene rings is 2. The van der Waals surface area contributed by atoms with Gasteiger partial charge >= 0.3 is 0 Å². The Morgan fingerprint density at radius 1 is 1.08 bits per heavy atom. The molecule has 25 heavy (non-hydrogen) atoms. The van der Waals surface area contributed by atoms with Crippen molar-refractivity contribution in [1.29, 1.82) is 0 Å². The standard InChI is InChI=1S/C18H19Cl3N2OS/c1-25(24)22-15-8-9-23(17-7-6-14(20)10-16(17)21)18(11-15)12-2-4-13(19)5-3-12/h2-7,10,15,18,22H,8-9,11H2,1H3/t15-,18-,25?/m0/s1. The first kappa shape index (κ1) is 19.0. The molecule has 0 amide bonds. The van der Waals surface area contributed by atoms with Crippen molar-refractivity contribution >= 4 is 51.5 Å². The van der Waals surface area contributed by atoms with Crippen molar-refractivity contribution in [3.63, 3.8) is 0 Å². The fourth-order valence-electron chi connectivity index (χ4n) is 3.31. The molecular formula is C18H19Cl3N2OS. The molecule has 1 fully saturated rings. The fraction of sp³-hybridized carbons (Fsp3) is 0.333. The van der Waals surface area contributed by atoms with Gasteiger partial charge in [-0.3, -0.25) is 0 Å². The minimum absolute atomic E-state index is 0.116. The molecule has 0 spiro atoms. The summed E-state index contributed by atoms with van der Waals surface area (Å²) >= 11 is 18.5. The zero-order valence-electron chi connectivity index (χ0n) is 13.7. The van der Waals surface area contributed by atoms with Gasteiger partial charge in [-0.2, -0.15) is 0 Å². The molecule has 2 aromatic carbocycles. The van der Waals surface area contributed by atoms with Gasteiger partial charge < -0.3 is 4.90 Å². The van der Waals surface area contributed by atoms with Gasteiger partial charge in [-0.1, -0.05) is 46.9 Å². The molecule has 3 rings (SSSR count). The van der Waals surface area contributed by atoms with Gasteiger partial charge in [-0.05, 0) is 48.7 Å². The Hall–Kier alpha value is -0.780. The van der Waals surface area contributed by atoms with Crippen LogP contribution in [0.2, 0.25) is 15.1 Å². The second-order valence-electron chi connectivity index (χ2n) is 6.15. The van der Waals surface area contributed by atoms with Gasteiger partial charge in [0.2, 0.25) is 0 Å². The van der Waals surface area contributed by atoms with Gasteiger partial charge in [0.1, 0.15) is 0 Å². The van der Waals surface area contributed by atoms with E-state index in [4.69, 9.17) is 34.8 Å². The van der Waals surface area contributed by atoms with E-state index in [-0.39, 0.29) is 12.1 Å². The molecule has 1 aliphatic heterocycles. The Balaban J connectivity index is 1.94. The second kappa shape index (κ2) is 8.28. The highest BCUT2D eigenvalue weighted by Crippen LogP contribution is 2.39. The number of rotatable bonds is 4. The summed E-state index contributed by atoms with van der Waals surface area (Å²) in [4.78, 5) is 2.29. The Bertz CT molecular complexity index is 769. The predicted molar refractivity (Wildman–Crippen MR) is 108 cm³/mol. The van der Waals surface area contributed by atoms with Crippen LogP contribution < -0.4 is 9.62 Å². The third-order valence-electron chi connectivity index (χ3n) is 4.41. The summed E-state index contributed by atoms with van der Waals surface area (Å²) < 4.78 is 14.7. The van der Waals surface area contributed by atoms with Crippen LogP contribution in [-0.2, 0) is 11.0 Å². The van der Waals surface area contributed by atoms with E-state index in [1.807, 2.05) is 36.4 Å². The molecule has 0 aliphatic carbocycles. The summed E-state index contributed by atoms with van der Waals surface area (Å²) in [6.07, 6.45) is 3.39. The topological polar surface area (TPSA) is 32.3 Å². The lowest BCUT2D eigenvalue weighted by atomic mass is 9.91. The third kappa shape index (κ3) is 4.69. The molecule has 1 saturated heterocycles. The van der Waals surface area contributed by atoms with Crippen LogP contribution in [-0.4, -0.2) is 23.1 Å². The average molecular weight is 418 g/mol. The van der Waals surface area contributed by atoms with E-state index in [0.717, 1.165) is 30.6 Å². The molecule has 0 bridgehead atoms. The summed E-state index contributed by atoms with van der Waals surface area (Å²) in [5, 5.41) is 1.96. The van der Waals surface area contributed by atoms with Crippen LogP contribution in [0.1, 0.15) is 24.4 Å². The third-order valence-corrected chi connectivity index (χ3v) is 5.86. The lowest BCUT2D eigenvalue weighted by molar-refractivity contribution is 0.401. The Morgan fingerprint density at radius 3 is 2.40 bits per heavy atom. The second-order valence-corrected chi connectivity index (χ2v) is 8.57. The Kier molecular flexibility index (Phi) is 6.29. The minimum Gasteiger partial charge on any atom is -0.363 e. The zero-order chi connectivity index (χ0) is 18.0. The van der Waals surface area contributed by atoms with Gasteiger partial charge in [0.15, 0.2) is 0 Å². The normalized spacial score (nSPS) is 22.0. The van der Waals surface area contributed by atoms with Gasteiger partial charge in [-0.15, -0.1) is 0 Å². The van der Waals surface area contributed by atoms with Crippen LogP contribution in [0.15, 0.2) is 42.5 Å². The molecule has 0 saturated carbocycles. The summed E-state index contributed by atoms with van der Waals surface area (Å²) in [6.45, 7) is 0.809. The molecule has 1 N–H and O–H groups in total. The lowest BCUT2D eigenvalue weighted by Crippen LogP contribution is -2.45. The number of hydrogen-bond acceptors (Lipinski definition) is 2. The van der Waals surface area contributed by atoms with E-state index in [0.29, 0.717) is 15.1 Å². The summed E-state index contributed by atoms with van der Waals surface area (Å²) in [6, 6.07) is 13.8.